The molecule has 1 aliphatic heterocycles. The van der Waals surface area contributed by atoms with Crippen LogP contribution in [0.5, 0.6) is 0 Å². The van der Waals surface area contributed by atoms with Gasteiger partial charge in [0.1, 0.15) is 5.82 Å². The molecule has 1 saturated heterocycles. The van der Waals surface area contributed by atoms with E-state index < -0.39 is 5.97 Å². The molecule has 2 N–H and O–H groups in total. The second-order valence-corrected chi connectivity index (χ2v) is 7.30. The van der Waals surface area contributed by atoms with Gasteiger partial charge in [0, 0.05) is 24.3 Å². The molecule has 0 bridgehead atoms. The number of piperidine rings is 1. The minimum atomic E-state index is -0.725. The Morgan fingerprint density at radius 1 is 1.30 bits per heavy atom. The molecule has 7 heteroatoms. The first-order valence-corrected chi connectivity index (χ1v) is 9.13. The summed E-state index contributed by atoms with van der Waals surface area (Å²) in [5.74, 6) is -0.321. The predicted molar refractivity (Wildman–Crippen MR) is 111 cm³/mol. The number of H-pyrrole nitrogens is 1. The molecule has 2 heterocycles. The molecule has 3 aromatic rings. The van der Waals surface area contributed by atoms with Gasteiger partial charge in [-0.2, -0.15) is 0 Å². The number of aromatic amines is 1. The van der Waals surface area contributed by atoms with E-state index in [4.69, 9.17) is 11.6 Å². The number of halogens is 2. The van der Waals surface area contributed by atoms with Gasteiger partial charge in [-0.3, -0.25) is 4.79 Å². The van der Waals surface area contributed by atoms with Gasteiger partial charge in [0.2, 0.25) is 0 Å². The van der Waals surface area contributed by atoms with Crippen molar-refractivity contribution in [2.45, 2.75) is 19.8 Å². The minimum absolute atomic E-state index is 0. The van der Waals surface area contributed by atoms with Crippen molar-refractivity contribution in [2.75, 3.05) is 18.0 Å². The minimum Gasteiger partial charge on any atom is -0.481 e. The van der Waals surface area contributed by atoms with Crippen LogP contribution in [0.25, 0.3) is 22.4 Å². The zero-order valence-electron chi connectivity index (χ0n) is 14.9. The zero-order chi connectivity index (χ0) is 18.3. The van der Waals surface area contributed by atoms with E-state index in [0.29, 0.717) is 11.6 Å². The number of imidazole rings is 1. The van der Waals surface area contributed by atoms with E-state index in [9.17, 15) is 9.90 Å². The molecule has 0 saturated carbocycles. The number of aromatic nitrogens is 2. The third-order valence-corrected chi connectivity index (χ3v) is 5.31. The topological polar surface area (TPSA) is 69.2 Å². The first-order chi connectivity index (χ1) is 12.5. The molecular formula is C20H21Cl2N3O2. The fourth-order valence-corrected chi connectivity index (χ4v) is 3.76. The highest BCUT2D eigenvalue weighted by atomic mass is 35.5. The van der Waals surface area contributed by atoms with E-state index in [1.54, 1.807) is 0 Å². The molecule has 4 rings (SSSR count). The van der Waals surface area contributed by atoms with E-state index in [1.807, 2.05) is 43.3 Å². The van der Waals surface area contributed by atoms with Gasteiger partial charge in [0.15, 0.2) is 0 Å². The maximum Gasteiger partial charge on any atom is 0.308 e. The molecule has 1 atom stereocenters. The Bertz CT molecular complexity index is 987. The average molecular weight is 406 g/mol. The van der Waals surface area contributed by atoms with Crippen molar-refractivity contribution in [1.29, 1.82) is 0 Å². The molecule has 0 amide bonds. The lowest BCUT2D eigenvalue weighted by atomic mass is 9.97. The van der Waals surface area contributed by atoms with Crippen molar-refractivity contribution in [3.63, 3.8) is 0 Å². The highest BCUT2D eigenvalue weighted by molar-refractivity contribution is 6.33. The monoisotopic (exact) mass is 405 g/mol. The molecule has 0 aliphatic carbocycles. The van der Waals surface area contributed by atoms with Gasteiger partial charge in [-0.25, -0.2) is 4.98 Å². The summed E-state index contributed by atoms with van der Waals surface area (Å²) in [7, 11) is 0. The number of carboxylic acids is 1. The molecule has 1 aliphatic rings. The Labute approximate surface area is 168 Å². The Morgan fingerprint density at radius 3 is 2.89 bits per heavy atom. The van der Waals surface area contributed by atoms with Crippen LogP contribution in [-0.2, 0) is 4.79 Å². The lowest BCUT2D eigenvalue weighted by molar-refractivity contribution is -0.141. The largest absolute Gasteiger partial charge is 0.481 e. The Kier molecular flexibility index (Phi) is 5.63. The standard InChI is InChI=1S/C20H20ClN3O2.ClH/c1-12-4-7-17-18(9-12)23-19(22-17)15-10-14(5-6-16(15)21)24-8-2-3-13(11-24)20(25)26;/h4-7,9-10,13H,2-3,8,11H2,1H3,(H,22,23)(H,25,26);1H/t13-;/m1./s1. The summed E-state index contributed by atoms with van der Waals surface area (Å²) in [5, 5.41) is 9.94. The van der Waals surface area contributed by atoms with Crippen LogP contribution in [0.2, 0.25) is 5.02 Å². The second kappa shape index (κ2) is 7.79. The molecule has 1 fully saturated rings. The number of nitrogens with one attached hydrogen (secondary N) is 1. The summed E-state index contributed by atoms with van der Waals surface area (Å²) in [6.45, 7) is 3.41. The SMILES string of the molecule is Cc1ccc2[nH]c(-c3cc(N4CCC[C@@H](C(=O)O)C4)ccc3Cl)nc2c1.Cl. The third-order valence-electron chi connectivity index (χ3n) is 4.98. The Morgan fingerprint density at radius 2 is 2.11 bits per heavy atom. The van der Waals surface area contributed by atoms with Gasteiger partial charge < -0.3 is 15.0 Å². The summed E-state index contributed by atoms with van der Waals surface area (Å²) in [4.78, 5) is 21.5. The maximum absolute atomic E-state index is 11.3. The third kappa shape index (κ3) is 3.89. The van der Waals surface area contributed by atoms with E-state index in [-0.39, 0.29) is 18.3 Å². The number of rotatable bonds is 3. The number of hydrogen-bond acceptors (Lipinski definition) is 3. The number of aryl methyl sites for hydroxylation is 1. The van der Waals surface area contributed by atoms with Crippen molar-refractivity contribution >= 4 is 46.7 Å². The molecule has 0 radical (unpaired) electrons. The molecular weight excluding hydrogens is 385 g/mol. The van der Waals surface area contributed by atoms with Crippen LogP contribution in [0.3, 0.4) is 0 Å². The summed E-state index contributed by atoms with van der Waals surface area (Å²) >= 11 is 6.43. The highest BCUT2D eigenvalue weighted by Crippen LogP contribution is 2.33. The first kappa shape index (κ1) is 19.5. The van der Waals surface area contributed by atoms with Gasteiger partial charge in [0.25, 0.3) is 0 Å². The smallest absolute Gasteiger partial charge is 0.308 e. The number of carbonyl (C=O) groups is 1. The van der Waals surface area contributed by atoms with Crippen molar-refractivity contribution in [1.82, 2.24) is 9.97 Å². The lowest BCUT2D eigenvalue weighted by Gasteiger charge is -2.32. The molecule has 142 valence electrons. The highest BCUT2D eigenvalue weighted by Gasteiger charge is 2.26. The first-order valence-electron chi connectivity index (χ1n) is 8.75. The summed E-state index contributed by atoms with van der Waals surface area (Å²) in [6.07, 6.45) is 1.61. The molecule has 0 spiro atoms. The van der Waals surface area contributed by atoms with Crippen LogP contribution in [0.1, 0.15) is 18.4 Å². The maximum atomic E-state index is 11.3. The van der Waals surface area contributed by atoms with E-state index in [1.165, 1.54) is 0 Å². The van der Waals surface area contributed by atoms with Crippen LogP contribution < -0.4 is 4.90 Å². The normalized spacial score (nSPS) is 17.0. The van der Waals surface area contributed by atoms with Crippen LogP contribution in [0.15, 0.2) is 36.4 Å². The van der Waals surface area contributed by atoms with Crippen LogP contribution >= 0.6 is 24.0 Å². The number of aliphatic carboxylic acids is 1. The quantitative estimate of drug-likeness (QED) is 0.648. The van der Waals surface area contributed by atoms with E-state index in [0.717, 1.165) is 53.1 Å². The number of hydrogen-bond donors (Lipinski definition) is 2. The van der Waals surface area contributed by atoms with Crippen LogP contribution in [0, 0.1) is 12.8 Å². The van der Waals surface area contributed by atoms with E-state index in [2.05, 4.69) is 14.9 Å². The number of nitrogens with zero attached hydrogens (tertiary/aromatic N) is 2. The van der Waals surface area contributed by atoms with Gasteiger partial charge >= 0.3 is 5.97 Å². The second-order valence-electron chi connectivity index (χ2n) is 6.89. The van der Waals surface area contributed by atoms with Gasteiger partial charge in [-0.1, -0.05) is 17.7 Å². The summed E-state index contributed by atoms with van der Waals surface area (Å²) < 4.78 is 0. The summed E-state index contributed by atoms with van der Waals surface area (Å²) in [6, 6.07) is 11.9. The Balaban J connectivity index is 0.00000210. The van der Waals surface area contributed by atoms with Crippen LogP contribution in [-0.4, -0.2) is 34.1 Å². The van der Waals surface area contributed by atoms with Gasteiger partial charge in [0.05, 0.1) is 22.0 Å². The van der Waals surface area contributed by atoms with Crippen molar-refractivity contribution in [2.24, 2.45) is 5.92 Å². The molecule has 2 aromatic carbocycles. The van der Waals surface area contributed by atoms with Crippen molar-refractivity contribution in [3.8, 4) is 11.4 Å². The van der Waals surface area contributed by atoms with Gasteiger partial charge in [-0.15, -0.1) is 12.4 Å². The number of anilines is 1. The molecule has 27 heavy (non-hydrogen) atoms. The molecule has 0 unspecified atom stereocenters. The fraction of sp³-hybridized carbons (Fsp3) is 0.300. The van der Waals surface area contributed by atoms with E-state index >= 15 is 0 Å². The summed E-state index contributed by atoms with van der Waals surface area (Å²) in [5.41, 5.74) is 4.84. The zero-order valence-corrected chi connectivity index (χ0v) is 16.5. The Hall–Kier alpha value is -2.24. The van der Waals surface area contributed by atoms with Crippen molar-refractivity contribution in [3.05, 3.63) is 47.0 Å². The van der Waals surface area contributed by atoms with Gasteiger partial charge in [-0.05, 0) is 55.7 Å². The fourth-order valence-electron chi connectivity index (χ4n) is 3.55. The number of benzene rings is 2. The van der Waals surface area contributed by atoms with Crippen molar-refractivity contribution < 1.29 is 9.90 Å². The van der Waals surface area contributed by atoms with Crippen LogP contribution in [0.4, 0.5) is 5.69 Å². The molecule has 1 aromatic heterocycles. The molecule has 5 nitrogen and oxygen atoms in total. The number of fused-ring (bicyclic) bond motifs is 1. The predicted octanol–water partition coefficient (Wildman–Crippen LogP) is 4.91. The average Bonchev–Trinajstić information content (AvgIpc) is 3.05. The number of carboxylic acid groups (broad SMARTS) is 1. The lowest BCUT2D eigenvalue weighted by Crippen LogP contribution is -2.38.